The maximum Gasteiger partial charge on any atom is 0.314 e. The Labute approximate surface area is 140 Å². The number of nitrogens with zero attached hydrogens (tertiary/aromatic N) is 2. The van der Waals surface area contributed by atoms with Crippen LogP contribution in [0.1, 0.15) is 18.4 Å². The topological polar surface area (TPSA) is 74.3 Å². The summed E-state index contributed by atoms with van der Waals surface area (Å²) in [4.78, 5) is 30.2. The van der Waals surface area contributed by atoms with Crippen LogP contribution < -0.4 is 15.5 Å². The van der Waals surface area contributed by atoms with Crippen LogP contribution in [0.15, 0.2) is 42.7 Å². The van der Waals surface area contributed by atoms with Gasteiger partial charge in [0.1, 0.15) is 0 Å². The SMILES string of the molecule is Cc1cc(N2CCCC2)ccc1NC(=O)C(=O)Nc1cccnc1. The van der Waals surface area contributed by atoms with E-state index >= 15 is 0 Å². The molecule has 0 saturated carbocycles. The highest BCUT2D eigenvalue weighted by Crippen LogP contribution is 2.25. The number of amides is 2. The van der Waals surface area contributed by atoms with Crippen LogP contribution in [0.3, 0.4) is 0 Å². The van der Waals surface area contributed by atoms with Gasteiger partial charge in [-0.3, -0.25) is 14.6 Å². The fourth-order valence-electron chi connectivity index (χ4n) is 2.76. The number of nitrogens with one attached hydrogen (secondary N) is 2. The largest absolute Gasteiger partial charge is 0.372 e. The van der Waals surface area contributed by atoms with Crippen molar-refractivity contribution in [3.05, 3.63) is 48.3 Å². The van der Waals surface area contributed by atoms with Crippen molar-refractivity contribution < 1.29 is 9.59 Å². The maximum atomic E-state index is 12.1. The van der Waals surface area contributed by atoms with Gasteiger partial charge in [-0.2, -0.15) is 0 Å². The Morgan fingerprint density at radius 2 is 1.83 bits per heavy atom. The molecule has 1 aliphatic rings. The molecular weight excluding hydrogens is 304 g/mol. The van der Waals surface area contributed by atoms with E-state index in [0.717, 1.165) is 24.3 Å². The predicted octanol–water partition coefficient (Wildman–Crippen LogP) is 2.57. The van der Waals surface area contributed by atoms with Crippen molar-refractivity contribution >= 4 is 28.9 Å². The Kier molecular flexibility index (Phi) is 4.74. The minimum absolute atomic E-state index is 0.485. The summed E-state index contributed by atoms with van der Waals surface area (Å²) in [5, 5.41) is 5.17. The number of hydrogen-bond acceptors (Lipinski definition) is 4. The molecule has 0 atom stereocenters. The van der Waals surface area contributed by atoms with Crippen molar-refractivity contribution in [1.29, 1.82) is 0 Å². The molecule has 1 aliphatic heterocycles. The molecule has 2 heterocycles. The molecule has 0 bridgehead atoms. The Morgan fingerprint density at radius 3 is 2.50 bits per heavy atom. The molecule has 0 unspecified atom stereocenters. The summed E-state index contributed by atoms with van der Waals surface area (Å²) in [5.74, 6) is -1.41. The highest BCUT2D eigenvalue weighted by Gasteiger charge is 2.17. The minimum Gasteiger partial charge on any atom is -0.372 e. The molecule has 3 rings (SSSR count). The summed E-state index contributed by atoms with van der Waals surface area (Å²) in [7, 11) is 0. The fourth-order valence-corrected chi connectivity index (χ4v) is 2.76. The number of rotatable bonds is 3. The molecule has 2 N–H and O–H groups in total. The molecule has 2 amide bonds. The smallest absolute Gasteiger partial charge is 0.314 e. The van der Waals surface area contributed by atoms with Gasteiger partial charge in [-0.1, -0.05) is 0 Å². The van der Waals surface area contributed by atoms with Crippen LogP contribution in [-0.4, -0.2) is 29.9 Å². The number of hydrogen-bond donors (Lipinski definition) is 2. The van der Waals surface area contributed by atoms with Crippen LogP contribution in [-0.2, 0) is 9.59 Å². The summed E-state index contributed by atoms with van der Waals surface area (Å²) < 4.78 is 0. The Balaban J connectivity index is 1.64. The lowest BCUT2D eigenvalue weighted by Crippen LogP contribution is -2.29. The molecule has 2 aromatic rings. The predicted molar refractivity (Wildman–Crippen MR) is 94.1 cm³/mol. The first-order valence-corrected chi connectivity index (χ1v) is 8.01. The van der Waals surface area contributed by atoms with Crippen LogP contribution in [0.25, 0.3) is 0 Å². The lowest BCUT2D eigenvalue weighted by Gasteiger charge is -2.19. The van der Waals surface area contributed by atoms with E-state index in [1.807, 2.05) is 25.1 Å². The normalized spacial score (nSPS) is 13.6. The van der Waals surface area contributed by atoms with Crippen LogP contribution in [0, 0.1) is 6.92 Å². The van der Waals surface area contributed by atoms with Crippen molar-refractivity contribution in [3.8, 4) is 0 Å². The van der Waals surface area contributed by atoms with E-state index in [0.29, 0.717) is 11.4 Å². The number of carbonyl (C=O) groups is 2. The third-order valence-corrected chi connectivity index (χ3v) is 4.06. The van der Waals surface area contributed by atoms with Crippen LogP contribution in [0.4, 0.5) is 17.1 Å². The van der Waals surface area contributed by atoms with Gasteiger partial charge in [0, 0.05) is 30.7 Å². The monoisotopic (exact) mass is 324 g/mol. The second-order valence-electron chi connectivity index (χ2n) is 5.84. The molecule has 0 radical (unpaired) electrons. The second-order valence-corrected chi connectivity index (χ2v) is 5.84. The summed E-state index contributed by atoms with van der Waals surface area (Å²) >= 11 is 0. The van der Waals surface area contributed by atoms with Crippen molar-refractivity contribution in [3.63, 3.8) is 0 Å². The van der Waals surface area contributed by atoms with E-state index in [2.05, 4.69) is 20.5 Å². The van der Waals surface area contributed by atoms with E-state index in [1.165, 1.54) is 19.0 Å². The summed E-state index contributed by atoms with van der Waals surface area (Å²) in [5.41, 5.74) is 3.22. The molecule has 24 heavy (non-hydrogen) atoms. The first kappa shape index (κ1) is 16.0. The number of pyridine rings is 1. The zero-order valence-electron chi connectivity index (χ0n) is 13.6. The molecule has 1 aromatic carbocycles. The maximum absolute atomic E-state index is 12.1. The summed E-state index contributed by atoms with van der Waals surface area (Å²) in [6, 6.07) is 9.23. The van der Waals surface area contributed by atoms with Gasteiger partial charge >= 0.3 is 11.8 Å². The lowest BCUT2D eigenvalue weighted by atomic mass is 10.1. The molecule has 124 valence electrons. The molecule has 1 saturated heterocycles. The van der Waals surface area contributed by atoms with Crippen molar-refractivity contribution in [1.82, 2.24) is 4.98 Å². The number of carbonyl (C=O) groups excluding carboxylic acids is 2. The van der Waals surface area contributed by atoms with Gasteiger partial charge in [0.2, 0.25) is 0 Å². The average Bonchev–Trinajstić information content (AvgIpc) is 3.12. The molecule has 0 aliphatic carbocycles. The Hall–Kier alpha value is -2.89. The van der Waals surface area contributed by atoms with Gasteiger partial charge in [0.25, 0.3) is 0 Å². The van der Waals surface area contributed by atoms with E-state index in [4.69, 9.17) is 0 Å². The van der Waals surface area contributed by atoms with Crippen LogP contribution in [0.2, 0.25) is 0 Å². The minimum atomic E-state index is -0.717. The first-order chi connectivity index (χ1) is 11.6. The first-order valence-electron chi connectivity index (χ1n) is 8.01. The van der Waals surface area contributed by atoms with Crippen molar-refractivity contribution in [2.24, 2.45) is 0 Å². The van der Waals surface area contributed by atoms with E-state index in [-0.39, 0.29) is 0 Å². The van der Waals surface area contributed by atoms with Gasteiger partial charge in [-0.25, -0.2) is 0 Å². The lowest BCUT2D eigenvalue weighted by molar-refractivity contribution is -0.133. The van der Waals surface area contributed by atoms with Gasteiger partial charge in [-0.05, 0) is 55.7 Å². The second kappa shape index (κ2) is 7.12. The summed E-state index contributed by atoms with van der Waals surface area (Å²) in [6.07, 6.45) is 5.51. The Bertz CT molecular complexity index is 740. The molecule has 1 fully saturated rings. The Morgan fingerprint density at radius 1 is 1.08 bits per heavy atom. The molecule has 6 nitrogen and oxygen atoms in total. The number of anilines is 3. The third-order valence-electron chi connectivity index (χ3n) is 4.06. The van der Waals surface area contributed by atoms with Gasteiger partial charge in [-0.15, -0.1) is 0 Å². The number of aromatic nitrogens is 1. The van der Waals surface area contributed by atoms with Crippen molar-refractivity contribution in [2.45, 2.75) is 19.8 Å². The zero-order chi connectivity index (χ0) is 16.9. The molecule has 0 spiro atoms. The van der Waals surface area contributed by atoms with Crippen molar-refractivity contribution in [2.75, 3.05) is 28.6 Å². The van der Waals surface area contributed by atoms with E-state index in [9.17, 15) is 9.59 Å². The quantitative estimate of drug-likeness (QED) is 0.851. The third kappa shape index (κ3) is 3.71. The van der Waals surface area contributed by atoms with Gasteiger partial charge in [0.05, 0.1) is 11.9 Å². The van der Waals surface area contributed by atoms with Crippen LogP contribution >= 0.6 is 0 Å². The fraction of sp³-hybridized carbons (Fsp3) is 0.278. The molecule has 6 heteroatoms. The van der Waals surface area contributed by atoms with Gasteiger partial charge in [0.15, 0.2) is 0 Å². The highest BCUT2D eigenvalue weighted by molar-refractivity contribution is 6.43. The molecule has 1 aromatic heterocycles. The standard InChI is InChI=1S/C18H20N4O2/c1-13-11-15(22-9-2-3-10-22)6-7-16(13)21-18(24)17(23)20-14-5-4-8-19-12-14/h4-8,11-12H,2-3,9-10H2,1H3,(H,20,23)(H,21,24). The van der Waals surface area contributed by atoms with Crippen LogP contribution in [0.5, 0.6) is 0 Å². The zero-order valence-corrected chi connectivity index (χ0v) is 13.6. The average molecular weight is 324 g/mol. The van der Waals surface area contributed by atoms with E-state index in [1.54, 1.807) is 18.3 Å². The molecular formula is C18H20N4O2. The van der Waals surface area contributed by atoms with E-state index < -0.39 is 11.8 Å². The summed E-state index contributed by atoms with van der Waals surface area (Å²) in [6.45, 7) is 4.06. The number of benzene rings is 1. The highest BCUT2D eigenvalue weighted by atomic mass is 16.2. The van der Waals surface area contributed by atoms with Gasteiger partial charge < -0.3 is 15.5 Å². The number of aryl methyl sites for hydroxylation is 1.